The molecule has 1 aliphatic carbocycles. The summed E-state index contributed by atoms with van der Waals surface area (Å²) in [6.07, 6.45) is 4.76. The van der Waals surface area contributed by atoms with Gasteiger partial charge in [0.2, 0.25) is 5.91 Å². The molecule has 1 aliphatic rings. The Morgan fingerprint density at radius 2 is 2.14 bits per heavy atom. The number of nitrogens with zero attached hydrogens (tertiary/aromatic N) is 1. The maximum atomic E-state index is 12.3. The molecule has 0 saturated heterocycles. The highest BCUT2D eigenvalue weighted by molar-refractivity contribution is 5.85. The first-order valence-corrected chi connectivity index (χ1v) is 7.65. The van der Waals surface area contributed by atoms with Gasteiger partial charge in [-0.05, 0) is 31.7 Å². The van der Waals surface area contributed by atoms with E-state index in [0.717, 1.165) is 49.1 Å². The minimum absolute atomic E-state index is 0. The monoisotopic (exact) mass is 315 g/mol. The quantitative estimate of drug-likeness (QED) is 0.843. The molecule has 3 N–H and O–H groups in total. The van der Waals surface area contributed by atoms with Gasteiger partial charge in [0.1, 0.15) is 5.76 Å². The molecule has 1 fully saturated rings. The Bertz CT molecular complexity index is 440. The van der Waals surface area contributed by atoms with Gasteiger partial charge < -0.3 is 15.6 Å². The first-order chi connectivity index (χ1) is 9.71. The fourth-order valence-corrected chi connectivity index (χ4v) is 3.11. The van der Waals surface area contributed by atoms with Crippen LogP contribution in [0.15, 0.2) is 4.52 Å². The van der Waals surface area contributed by atoms with E-state index in [1.807, 2.05) is 13.8 Å². The summed E-state index contributed by atoms with van der Waals surface area (Å²) >= 11 is 0. The summed E-state index contributed by atoms with van der Waals surface area (Å²) in [5.74, 6) is 1.43. The van der Waals surface area contributed by atoms with E-state index >= 15 is 0 Å². The smallest absolute Gasteiger partial charge is 0.223 e. The normalized spacial score (nSPS) is 21.1. The predicted octanol–water partition coefficient (Wildman–Crippen LogP) is 2.21. The summed E-state index contributed by atoms with van der Waals surface area (Å²) in [6.45, 7) is 5.20. The largest absolute Gasteiger partial charge is 0.361 e. The number of halogens is 1. The Balaban J connectivity index is 0.00000220. The topological polar surface area (TPSA) is 81.2 Å². The van der Waals surface area contributed by atoms with Crippen molar-refractivity contribution in [2.75, 3.05) is 6.54 Å². The van der Waals surface area contributed by atoms with Crippen molar-refractivity contribution in [3.8, 4) is 0 Å². The molecule has 0 bridgehead atoms. The van der Waals surface area contributed by atoms with Crippen molar-refractivity contribution in [3.63, 3.8) is 0 Å². The summed E-state index contributed by atoms with van der Waals surface area (Å²) in [5, 5.41) is 7.11. The van der Waals surface area contributed by atoms with Crippen LogP contribution in [0.5, 0.6) is 0 Å². The minimum atomic E-state index is 0. The molecule has 2 rings (SSSR count). The third-order valence-corrected chi connectivity index (χ3v) is 4.34. The molecule has 0 aliphatic heterocycles. The van der Waals surface area contributed by atoms with Crippen LogP contribution in [-0.2, 0) is 24.2 Å². The van der Waals surface area contributed by atoms with E-state index in [0.29, 0.717) is 19.0 Å². The average molecular weight is 316 g/mol. The number of carbonyl (C=O) groups excluding carboxylic acids is 1. The second kappa shape index (κ2) is 8.39. The molecule has 120 valence electrons. The van der Waals surface area contributed by atoms with Crippen LogP contribution >= 0.6 is 12.4 Å². The van der Waals surface area contributed by atoms with Gasteiger partial charge in [0.05, 0.1) is 5.69 Å². The third kappa shape index (κ3) is 3.98. The Labute approximate surface area is 132 Å². The zero-order chi connectivity index (χ0) is 14.5. The van der Waals surface area contributed by atoms with Gasteiger partial charge in [-0.25, -0.2) is 0 Å². The zero-order valence-corrected chi connectivity index (χ0v) is 13.7. The van der Waals surface area contributed by atoms with Crippen LogP contribution in [0.1, 0.15) is 50.1 Å². The molecule has 1 heterocycles. The molecular weight excluding hydrogens is 290 g/mol. The van der Waals surface area contributed by atoms with Gasteiger partial charge in [0, 0.05) is 24.4 Å². The number of nitrogens with two attached hydrogens (primary N) is 1. The number of hydrogen-bond acceptors (Lipinski definition) is 4. The lowest BCUT2D eigenvalue weighted by atomic mass is 9.95. The lowest BCUT2D eigenvalue weighted by Gasteiger charge is -2.17. The second-order valence-electron chi connectivity index (χ2n) is 5.49. The van der Waals surface area contributed by atoms with Crippen molar-refractivity contribution in [2.24, 2.45) is 17.6 Å². The summed E-state index contributed by atoms with van der Waals surface area (Å²) in [7, 11) is 0. The van der Waals surface area contributed by atoms with Gasteiger partial charge in [-0.1, -0.05) is 25.4 Å². The predicted molar refractivity (Wildman–Crippen MR) is 84.2 cm³/mol. The van der Waals surface area contributed by atoms with Gasteiger partial charge in [0.15, 0.2) is 0 Å². The van der Waals surface area contributed by atoms with E-state index in [1.54, 1.807) is 0 Å². The fraction of sp³-hybridized carbons (Fsp3) is 0.733. The summed E-state index contributed by atoms with van der Waals surface area (Å²) in [4.78, 5) is 12.3. The van der Waals surface area contributed by atoms with Crippen LogP contribution in [0.3, 0.4) is 0 Å². The van der Waals surface area contributed by atoms with Crippen LogP contribution < -0.4 is 11.1 Å². The van der Waals surface area contributed by atoms with Crippen molar-refractivity contribution in [2.45, 2.75) is 52.5 Å². The van der Waals surface area contributed by atoms with Crippen molar-refractivity contribution < 1.29 is 9.32 Å². The van der Waals surface area contributed by atoms with Crippen LogP contribution in [0.4, 0.5) is 0 Å². The van der Waals surface area contributed by atoms with Crippen LogP contribution in [0.25, 0.3) is 0 Å². The Kier molecular flexibility index (Phi) is 7.18. The first-order valence-electron chi connectivity index (χ1n) is 7.65. The van der Waals surface area contributed by atoms with Gasteiger partial charge >= 0.3 is 0 Å². The Morgan fingerprint density at radius 1 is 1.38 bits per heavy atom. The lowest BCUT2D eigenvalue weighted by molar-refractivity contribution is -0.126. The van der Waals surface area contributed by atoms with E-state index in [2.05, 4.69) is 10.5 Å². The molecule has 0 spiro atoms. The molecular formula is C15H26ClN3O2. The fourth-order valence-electron chi connectivity index (χ4n) is 3.11. The number of aromatic nitrogens is 1. The molecule has 1 amide bonds. The first kappa shape index (κ1) is 18.0. The maximum Gasteiger partial charge on any atom is 0.223 e. The van der Waals surface area contributed by atoms with Gasteiger partial charge in [-0.15, -0.1) is 12.4 Å². The van der Waals surface area contributed by atoms with Crippen molar-refractivity contribution in [1.82, 2.24) is 10.5 Å². The summed E-state index contributed by atoms with van der Waals surface area (Å²) in [6, 6.07) is 0. The molecule has 5 nitrogen and oxygen atoms in total. The number of carbonyl (C=O) groups is 1. The highest BCUT2D eigenvalue weighted by Gasteiger charge is 2.31. The van der Waals surface area contributed by atoms with E-state index < -0.39 is 0 Å². The Hall–Kier alpha value is -1.07. The molecule has 0 radical (unpaired) electrons. The average Bonchev–Trinajstić information content (AvgIpc) is 3.10. The number of aryl methyl sites for hydroxylation is 2. The summed E-state index contributed by atoms with van der Waals surface area (Å²) in [5.41, 5.74) is 7.73. The zero-order valence-electron chi connectivity index (χ0n) is 12.9. The van der Waals surface area contributed by atoms with Gasteiger partial charge in [0.25, 0.3) is 0 Å². The van der Waals surface area contributed by atoms with Crippen LogP contribution in [-0.4, -0.2) is 17.6 Å². The van der Waals surface area contributed by atoms with Gasteiger partial charge in [-0.3, -0.25) is 4.79 Å². The highest BCUT2D eigenvalue weighted by atomic mass is 35.5. The number of hydrogen-bond donors (Lipinski definition) is 2. The van der Waals surface area contributed by atoms with E-state index in [9.17, 15) is 4.79 Å². The molecule has 1 saturated carbocycles. The molecule has 0 aromatic carbocycles. The molecule has 6 heteroatoms. The second-order valence-corrected chi connectivity index (χ2v) is 5.49. The lowest BCUT2D eigenvalue weighted by Crippen LogP contribution is -2.34. The minimum Gasteiger partial charge on any atom is -0.361 e. The SMILES string of the molecule is CCc1noc(CC)c1CNC(=O)[C@@H]1CCC[C@@H]1CN.Cl. The number of rotatable bonds is 6. The standard InChI is InChI=1S/C15H25N3O2.ClH/c1-3-13-12(14(4-2)20-18-13)9-17-15(19)11-7-5-6-10(11)8-16;/h10-11H,3-9,16H2,1-2H3,(H,17,19);1H/t10-,11-;/m1./s1. The highest BCUT2D eigenvalue weighted by Crippen LogP contribution is 2.31. The van der Waals surface area contributed by atoms with E-state index in [4.69, 9.17) is 10.3 Å². The maximum absolute atomic E-state index is 12.3. The van der Waals surface area contributed by atoms with E-state index in [-0.39, 0.29) is 24.2 Å². The van der Waals surface area contributed by atoms with E-state index in [1.165, 1.54) is 0 Å². The van der Waals surface area contributed by atoms with Crippen LogP contribution in [0.2, 0.25) is 0 Å². The number of nitrogens with one attached hydrogen (secondary N) is 1. The molecule has 2 atom stereocenters. The molecule has 1 aromatic heterocycles. The molecule has 21 heavy (non-hydrogen) atoms. The molecule has 1 aromatic rings. The van der Waals surface area contributed by atoms with Crippen LogP contribution in [0, 0.1) is 11.8 Å². The molecule has 0 unspecified atom stereocenters. The number of amides is 1. The van der Waals surface area contributed by atoms with Gasteiger partial charge in [-0.2, -0.15) is 0 Å². The van der Waals surface area contributed by atoms with Crippen molar-refractivity contribution in [1.29, 1.82) is 0 Å². The third-order valence-electron chi connectivity index (χ3n) is 4.34. The Morgan fingerprint density at radius 3 is 2.76 bits per heavy atom. The van der Waals surface area contributed by atoms with Crippen molar-refractivity contribution in [3.05, 3.63) is 17.0 Å². The van der Waals surface area contributed by atoms with Crippen molar-refractivity contribution >= 4 is 18.3 Å². The summed E-state index contributed by atoms with van der Waals surface area (Å²) < 4.78 is 5.31.